The minimum Gasteiger partial charge on any atom is -0.392 e. The van der Waals surface area contributed by atoms with E-state index in [0.717, 1.165) is 36.1 Å². The maximum Gasteiger partial charge on any atom is 0.227 e. The summed E-state index contributed by atoms with van der Waals surface area (Å²) in [5.41, 5.74) is 1.93. The maximum absolute atomic E-state index is 12.0. The molecule has 2 aliphatic rings. The molecule has 1 N–H and O–H groups in total. The largest absolute Gasteiger partial charge is 0.392 e. The number of benzene rings is 1. The number of aliphatic hydroxyl groups excluding tert-OH is 1. The second-order valence-electron chi connectivity index (χ2n) is 5.21. The first-order valence-corrected chi connectivity index (χ1v) is 6.22. The van der Waals surface area contributed by atoms with Crippen LogP contribution in [-0.4, -0.2) is 29.0 Å². The third-order valence-electron chi connectivity index (χ3n) is 3.89. The van der Waals surface area contributed by atoms with E-state index in [-0.39, 0.29) is 12.5 Å². The predicted octanol–water partition coefficient (Wildman–Crippen LogP) is 1.20. The van der Waals surface area contributed by atoms with Crippen LogP contribution in [0.1, 0.15) is 17.5 Å². The van der Waals surface area contributed by atoms with E-state index in [2.05, 4.69) is 0 Å². The Balaban J connectivity index is 1.59. The Hall–Kier alpha value is -1.35. The Morgan fingerprint density at radius 1 is 1.18 bits per heavy atom. The fourth-order valence-corrected chi connectivity index (χ4v) is 2.65. The number of aliphatic hydroxyl groups is 1. The van der Waals surface area contributed by atoms with Crippen LogP contribution in [0.5, 0.6) is 0 Å². The average Bonchev–Trinajstić information content (AvgIpc) is 2.97. The van der Waals surface area contributed by atoms with Crippen molar-refractivity contribution in [3.8, 4) is 0 Å². The molecule has 1 aliphatic heterocycles. The van der Waals surface area contributed by atoms with Crippen molar-refractivity contribution in [2.75, 3.05) is 13.1 Å². The van der Waals surface area contributed by atoms with Gasteiger partial charge in [0.25, 0.3) is 0 Å². The summed E-state index contributed by atoms with van der Waals surface area (Å²) in [4.78, 5) is 14.0. The van der Waals surface area contributed by atoms with Crippen molar-refractivity contribution in [1.29, 1.82) is 0 Å². The topological polar surface area (TPSA) is 40.5 Å². The predicted molar refractivity (Wildman–Crippen MR) is 64.2 cm³/mol. The molecule has 0 bridgehead atoms. The number of rotatable bonds is 3. The smallest absolute Gasteiger partial charge is 0.227 e. The van der Waals surface area contributed by atoms with E-state index >= 15 is 0 Å². The Morgan fingerprint density at radius 2 is 1.76 bits per heavy atom. The summed E-state index contributed by atoms with van der Waals surface area (Å²) in [5, 5.41) is 8.94. The highest BCUT2D eigenvalue weighted by molar-refractivity contribution is 5.79. The number of carbonyl (C=O) groups is 1. The SMILES string of the molecule is O=C(Cc1ccc(CO)cc1)N1CC2CC2C1. The second-order valence-corrected chi connectivity index (χ2v) is 5.21. The standard InChI is InChI=1S/C14H17NO2/c16-9-11-3-1-10(2-4-11)5-14(17)15-7-12-6-13(12)8-15/h1-4,12-13,16H,5-9H2. The van der Waals surface area contributed by atoms with Gasteiger partial charge in [0, 0.05) is 13.1 Å². The van der Waals surface area contributed by atoms with Crippen LogP contribution in [0.3, 0.4) is 0 Å². The van der Waals surface area contributed by atoms with E-state index in [9.17, 15) is 4.79 Å². The lowest BCUT2D eigenvalue weighted by Gasteiger charge is -2.17. The molecule has 2 atom stereocenters. The molecule has 2 unspecified atom stereocenters. The zero-order chi connectivity index (χ0) is 11.8. The number of hydrogen-bond donors (Lipinski definition) is 1. The molecule has 1 amide bonds. The van der Waals surface area contributed by atoms with E-state index in [1.165, 1.54) is 6.42 Å². The molecule has 2 fully saturated rings. The van der Waals surface area contributed by atoms with Crippen LogP contribution in [0.2, 0.25) is 0 Å². The molecule has 0 aromatic heterocycles. The number of fused-ring (bicyclic) bond motifs is 1. The molecule has 0 radical (unpaired) electrons. The van der Waals surface area contributed by atoms with Gasteiger partial charge in [0.15, 0.2) is 0 Å². The number of nitrogens with zero attached hydrogens (tertiary/aromatic N) is 1. The number of carbonyl (C=O) groups excluding carboxylic acids is 1. The first kappa shape index (κ1) is 10.8. The van der Waals surface area contributed by atoms with Crippen molar-refractivity contribution in [1.82, 2.24) is 4.90 Å². The highest BCUT2D eigenvalue weighted by Gasteiger charge is 2.46. The monoisotopic (exact) mass is 231 g/mol. The lowest BCUT2D eigenvalue weighted by atomic mass is 10.1. The fraction of sp³-hybridized carbons (Fsp3) is 0.500. The third-order valence-corrected chi connectivity index (χ3v) is 3.89. The normalized spacial score (nSPS) is 25.8. The molecule has 1 saturated heterocycles. The molecule has 17 heavy (non-hydrogen) atoms. The van der Waals surface area contributed by atoms with Gasteiger partial charge < -0.3 is 10.0 Å². The number of piperidine rings is 1. The summed E-state index contributed by atoms with van der Waals surface area (Å²) in [7, 11) is 0. The second kappa shape index (κ2) is 4.15. The van der Waals surface area contributed by atoms with E-state index in [0.29, 0.717) is 6.42 Å². The summed E-state index contributed by atoms with van der Waals surface area (Å²) in [6.45, 7) is 2.00. The first-order valence-electron chi connectivity index (χ1n) is 6.22. The van der Waals surface area contributed by atoms with Gasteiger partial charge in [0.2, 0.25) is 5.91 Å². The van der Waals surface area contributed by atoms with Crippen LogP contribution >= 0.6 is 0 Å². The van der Waals surface area contributed by atoms with E-state index < -0.39 is 0 Å². The molecule has 0 spiro atoms. The molecule has 3 nitrogen and oxygen atoms in total. The van der Waals surface area contributed by atoms with Gasteiger partial charge in [-0.3, -0.25) is 4.79 Å². The summed E-state index contributed by atoms with van der Waals surface area (Å²) >= 11 is 0. The van der Waals surface area contributed by atoms with E-state index in [4.69, 9.17) is 5.11 Å². The average molecular weight is 231 g/mol. The van der Waals surface area contributed by atoms with Gasteiger partial charge in [-0.05, 0) is 29.4 Å². The third kappa shape index (κ3) is 2.20. The first-order chi connectivity index (χ1) is 8.26. The van der Waals surface area contributed by atoms with Gasteiger partial charge in [-0.25, -0.2) is 0 Å². The minimum atomic E-state index is 0.0592. The van der Waals surface area contributed by atoms with Crippen LogP contribution in [0, 0.1) is 11.8 Å². The van der Waals surface area contributed by atoms with Crippen LogP contribution in [0.15, 0.2) is 24.3 Å². The molecule has 1 aromatic carbocycles. The van der Waals surface area contributed by atoms with Crippen molar-refractivity contribution in [3.05, 3.63) is 35.4 Å². The van der Waals surface area contributed by atoms with Gasteiger partial charge >= 0.3 is 0 Å². The van der Waals surface area contributed by atoms with Gasteiger partial charge in [-0.2, -0.15) is 0 Å². The van der Waals surface area contributed by atoms with Crippen LogP contribution in [-0.2, 0) is 17.8 Å². The Morgan fingerprint density at radius 3 is 2.35 bits per heavy atom. The highest BCUT2D eigenvalue weighted by atomic mass is 16.3. The molecule has 1 aromatic rings. The van der Waals surface area contributed by atoms with E-state index in [1.807, 2.05) is 29.2 Å². The van der Waals surface area contributed by atoms with Crippen LogP contribution < -0.4 is 0 Å². The van der Waals surface area contributed by atoms with E-state index in [1.54, 1.807) is 0 Å². The Bertz CT molecular complexity index is 416. The quantitative estimate of drug-likeness (QED) is 0.849. The van der Waals surface area contributed by atoms with Crippen LogP contribution in [0.4, 0.5) is 0 Å². The lowest BCUT2D eigenvalue weighted by Crippen LogP contribution is -2.31. The zero-order valence-corrected chi connectivity index (χ0v) is 9.80. The number of likely N-dealkylation sites (tertiary alicyclic amines) is 1. The summed E-state index contributed by atoms with van der Waals surface area (Å²) in [5.74, 6) is 1.85. The Kier molecular flexibility index (Phi) is 2.63. The number of amides is 1. The maximum atomic E-state index is 12.0. The minimum absolute atomic E-state index is 0.0592. The van der Waals surface area contributed by atoms with Crippen molar-refractivity contribution in [3.63, 3.8) is 0 Å². The lowest BCUT2D eigenvalue weighted by molar-refractivity contribution is -0.129. The molecular weight excluding hydrogens is 214 g/mol. The fourth-order valence-electron chi connectivity index (χ4n) is 2.65. The summed E-state index contributed by atoms with van der Waals surface area (Å²) in [6.07, 6.45) is 1.82. The summed E-state index contributed by atoms with van der Waals surface area (Å²) < 4.78 is 0. The molecule has 1 saturated carbocycles. The van der Waals surface area contributed by atoms with Gasteiger partial charge in [-0.1, -0.05) is 24.3 Å². The molecule has 90 valence electrons. The van der Waals surface area contributed by atoms with Crippen molar-refractivity contribution in [2.24, 2.45) is 11.8 Å². The molecule has 1 aliphatic carbocycles. The molecule has 1 heterocycles. The number of hydrogen-bond acceptors (Lipinski definition) is 2. The van der Waals surface area contributed by atoms with Crippen molar-refractivity contribution in [2.45, 2.75) is 19.4 Å². The summed E-state index contributed by atoms with van der Waals surface area (Å²) in [6, 6.07) is 7.62. The van der Waals surface area contributed by atoms with Crippen LogP contribution in [0.25, 0.3) is 0 Å². The zero-order valence-electron chi connectivity index (χ0n) is 9.80. The Labute approximate surface area is 101 Å². The highest BCUT2D eigenvalue weighted by Crippen LogP contribution is 2.44. The molecule has 3 heteroatoms. The van der Waals surface area contributed by atoms with Gasteiger partial charge in [0.1, 0.15) is 0 Å². The van der Waals surface area contributed by atoms with Crippen molar-refractivity contribution < 1.29 is 9.90 Å². The van der Waals surface area contributed by atoms with Gasteiger partial charge in [-0.15, -0.1) is 0 Å². The molecule has 3 rings (SSSR count). The van der Waals surface area contributed by atoms with Gasteiger partial charge in [0.05, 0.1) is 13.0 Å². The molecular formula is C14H17NO2. The van der Waals surface area contributed by atoms with Crippen molar-refractivity contribution >= 4 is 5.91 Å².